The van der Waals surface area contributed by atoms with Crippen molar-refractivity contribution in [2.24, 2.45) is 0 Å². The highest BCUT2D eigenvalue weighted by atomic mass is 35.5. The molecule has 0 aromatic heterocycles. The third-order valence-corrected chi connectivity index (χ3v) is 3.50. The van der Waals surface area contributed by atoms with E-state index in [2.05, 4.69) is 11.4 Å². The SMILES string of the molecule is CC(NC(=O)C(C#N)c1ccccc1)c1ccc(Cl)cc1. The highest BCUT2D eigenvalue weighted by Gasteiger charge is 2.21. The first-order chi connectivity index (χ1) is 10.1. The summed E-state index contributed by atoms with van der Waals surface area (Å²) in [6, 6.07) is 18.2. The monoisotopic (exact) mass is 298 g/mol. The molecule has 0 radical (unpaired) electrons. The van der Waals surface area contributed by atoms with E-state index >= 15 is 0 Å². The minimum atomic E-state index is -0.805. The summed E-state index contributed by atoms with van der Waals surface area (Å²) in [5.41, 5.74) is 1.64. The van der Waals surface area contributed by atoms with Gasteiger partial charge in [-0.2, -0.15) is 5.26 Å². The molecule has 2 atom stereocenters. The van der Waals surface area contributed by atoms with Crippen molar-refractivity contribution in [1.82, 2.24) is 5.32 Å². The van der Waals surface area contributed by atoms with Crippen LogP contribution in [0.3, 0.4) is 0 Å². The zero-order valence-corrected chi connectivity index (χ0v) is 12.3. The maximum Gasteiger partial charge on any atom is 0.242 e. The summed E-state index contributed by atoms with van der Waals surface area (Å²) >= 11 is 5.84. The van der Waals surface area contributed by atoms with Gasteiger partial charge in [0.05, 0.1) is 12.1 Å². The molecule has 2 rings (SSSR count). The summed E-state index contributed by atoms with van der Waals surface area (Å²) in [7, 11) is 0. The quantitative estimate of drug-likeness (QED) is 0.933. The van der Waals surface area contributed by atoms with Crippen LogP contribution in [0.25, 0.3) is 0 Å². The van der Waals surface area contributed by atoms with Gasteiger partial charge in [0, 0.05) is 5.02 Å². The fraction of sp³-hybridized carbons (Fsp3) is 0.176. The lowest BCUT2D eigenvalue weighted by molar-refractivity contribution is -0.122. The van der Waals surface area contributed by atoms with Gasteiger partial charge in [-0.3, -0.25) is 4.79 Å². The van der Waals surface area contributed by atoms with Gasteiger partial charge < -0.3 is 5.32 Å². The molecule has 0 bridgehead atoms. The van der Waals surface area contributed by atoms with E-state index in [9.17, 15) is 10.1 Å². The van der Waals surface area contributed by atoms with Crippen LogP contribution in [0.1, 0.15) is 30.0 Å². The average Bonchev–Trinajstić information content (AvgIpc) is 2.49. The molecule has 0 fully saturated rings. The maximum atomic E-state index is 12.3. The Morgan fingerprint density at radius 2 is 1.71 bits per heavy atom. The summed E-state index contributed by atoms with van der Waals surface area (Å²) in [4.78, 5) is 12.3. The van der Waals surface area contributed by atoms with E-state index in [1.807, 2.05) is 37.3 Å². The van der Waals surface area contributed by atoms with Gasteiger partial charge in [0.15, 0.2) is 0 Å². The maximum absolute atomic E-state index is 12.3. The number of nitriles is 1. The molecule has 0 aliphatic heterocycles. The van der Waals surface area contributed by atoms with E-state index in [0.29, 0.717) is 10.6 Å². The van der Waals surface area contributed by atoms with Crippen LogP contribution >= 0.6 is 11.6 Å². The van der Waals surface area contributed by atoms with Crippen LogP contribution in [0.5, 0.6) is 0 Å². The number of carbonyl (C=O) groups is 1. The third kappa shape index (κ3) is 3.84. The molecule has 4 heteroatoms. The van der Waals surface area contributed by atoms with Gasteiger partial charge in [-0.05, 0) is 30.2 Å². The minimum Gasteiger partial charge on any atom is -0.348 e. The van der Waals surface area contributed by atoms with Crippen molar-refractivity contribution < 1.29 is 4.79 Å². The highest BCUT2D eigenvalue weighted by molar-refractivity contribution is 6.30. The lowest BCUT2D eigenvalue weighted by atomic mass is 9.99. The first kappa shape index (κ1) is 15.1. The second kappa shape index (κ2) is 6.92. The van der Waals surface area contributed by atoms with Crippen LogP contribution in [0.4, 0.5) is 0 Å². The molecule has 2 aromatic rings. The number of halogens is 1. The van der Waals surface area contributed by atoms with Crippen molar-refractivity contribution in [3.8, 4) is 6.07 Å². The van der Waals surface area contributed by atoms with Crippen LogP contribution in [0.2, 0.25) is 5.02 Å². The van der Waals surface area contributed by atoms with Crippen molar-refractivity contribution in [2.75, 3.05) is 0 Å². The second-order valence-corrected chi connectivity index (χ2v) is 5.19. The Balaban J connectivity index is 2.09. The number of nitrogens with zero attached hydrogens (tertiary/aromatic N) is 1. The Bertz CT molecular complexity index is 647. The predicted octanol–water partition coefficient (Wildman–Crippen LogP) is 3.82. The molecule has 0 saturated heterocycles. The van der Waals surface area contributed by atoms with E-state index in [0.717, 1.165) is 5.56 Å². The molecule has 2 unspecified atom stereocenters. The number of nitrogens with one attached hydrogen (secondary N) is 1. The average molecular weight is 299 g/mol. The van der Waals surface area contributed by atoms with Crippen molar-refractivity contribution in [3.05, 3.63) is 70.7 Å². The molecule has 1 N–H and O–H groups in total. The molecule has 1 amide bonds. The summed E-state index contributed by atoms with van der Waals surface area (Å²) in [6.07, 6.45) is 0. The van der Waals surface area contributed by atoms with E-state index in [1.54, 1.807) is 24.3 Å². The van der Waals surface area contributed by atoms with Crippen molar-refractivity contribution in [1.29, 1.82) is 5.26 Å². The molecule has 0 saturated carbocycles. The fourth-order valence-corrected chi connectivity index (χ4v) is 2.19. The predicted molar refractivity (Wildman–Crippen MR) is 82.8 cm³/mol. The lowest BCUT2D eigenvalue weighted by Gasteiger charge is -2.17. The van der Waals surface area contributed by atoms with Crippen LogP contribution in [-0.2, 0) is 4.79 Å². The van der Waals surface area contributed by atoms with Crippen LogP contribution < -0.4 is 5.32 Å². The topological polar surface area (TPSA) is 52.9 Å². The van der Waals surface area contributed by atoms with Gasteiger partial charge in [-0.25, -0.2) is 0 Å². The number of rotatable bonds is 4. The molecule has 3 nitrogen and oxygen atoms in total. The largest absolute Gasteiger partial charge is 0.348 e. The number of hydrogen-bond donors (Lipinski definition) is 1. The van der Waals surface area contributed by atoms with Gasteiger partial charge in [0.2, 0.25) is 5.91 Å². The molecule has 0 spiro atoms. The molecule has 106 valence electrons. The molecule has 21 heavy (non-hydrogen) atoms. The zero-order chi connectivity index (χ0) is 15.2. The van der Waals surface area contributed by atoms with E-state index in [4.69, 9.17) is 11.6 Å². The van der Waals surface area contributed by atoms with Crippen LogP contribution in [0.15, 0.2) is 54.6 Å². The Hall–Kier alpha value is -2.31. The fourth-order valence-electron chi connectivity index (χ4n) is 2.06. The van der Waals surface area contributed by atoms with Crippen molar-refractivity contribution >= 4 is 17.5 Å². The van der Waals surface area contributed by atoms with E-state index < -0.39 is 5.92 Å². The Labute approximate surface area is 129 Å². The zero-order valence-electron chi connectivity index (χ0n) is 11.6. The molecular formula is C17H15ClN2O. The number of benzene rings is 2. The highest BCUT2D eigenvalue weighted by Crippen LogP contribution is 2.19. The Morgan fingerprint density at radius 3 is 2.29 bits per heavy atom. The number of carbonyl (C=O) groups excluding carboxylic acids is 1. The van der Waals surface area contributed by atoms with Gasteiger partial charge in [0.25, 0.3) is 0 Å². The summed E-state index contributed by atoms with van der Waals surface area (Å²) in [6.45, 7) is 1.88. The minimum absolute atomic E-state index is 0.186. The van der Waals surface area contributed by atoms with Gasteiger partial charge in [-0.1, -0.05) is 54.1 Å². The Morgan fingerprint density at radius 1 is 1.10 bits per heavy atom. The molecule has 0 aliphatic carbocycles. The Kier molecular flexibility index (Phi) is 4.97. The molecule has 0 heterocycles. The standard InChI is InChI=1S/C17H15ClN2O/c1-12(13-7-9-15(18)10-8-13)20-17(21)16(11-19)14-5-3-2-4-6-14/h2-10,12,16H,1H3,(H,20,21). The van der Waals surface area contributed by atoms with E-state index in [1.165, 1.54) is 0 Å². The lowest BCUT2D eigenvalue weighted by Crippen LogP contribution is -2.31. The molecule has 0 aliphatic rings. The summed E-state index contributed by atoms with van der Waals surface area (Å²) in [5, 5.41) is 12.8. The molecule has 2 aromatic carbocycles. The third-order valence-electron chi connectivity index (χ3n) is 3.25. The number of hydrogen-bond acceptors (Lipinski definition) is 2. The van der Waals surface area contributed by atoms with Gasteiger partial charge in [-0.15, -0.1) is 0 Å². The summed E-state index contributed by atoms with van der Waals surface area (Å²) in [5.74, 6) is -1.10. The smallest absolute Gasteiger partial charge is 0.242 e. The van der Waals surface area contributed by atoms with Crippen molar-refractivity contribution in [3.63, 3.8) is 0 Å². The molecular weight excluding hydrogens is 284 g/mol. The normalized spacial score (nSPS) is 13.0. The van der Waals surface area contributed by atoms with Gasteiger partial charge >= 0.3 is 0 Å². The second-order valence-electron chi connectivity index (χ2n) is 4.75. The first-order valence-electron chi connectivity index (χ1n) is 6.62. The summed E-state index contributed by atoms with van der Waals surface area (Å²) < 4.78 is 0. The van der Waals surface area contributed by atoms with E-state index in [-0.39, 0.29) is 11.9 Å². The van der Waals surface area contributed by atoms with Crippen molar-refractivity contribution in [2.45, 2.75) is 18.9 Å². The van der Waals surface area contributed by atoms with Crippen LogP contribution in [-0.4, -0.2) is 5.91 Å². The van der Waals surface area contributed by atoms with Crippen LogP contribution in [0, 0.1) is 11.3 Å². The number of amides is 1. The van der Waals surface area contributed by atoms with Gasteiger partial charge in [0.1, 0.15) is 5.92 Å². The first-order valence-corrected chi connectivity index (χ1v) is 7.00.